The molecule has 1 N–H and O–H groups in total. The molecular weight excluding hydrogens is 507 g/mol. The molecule has 2 aromatic rings. The van der Waals surface area contributed by atoms with E-state index in [1.165, 1.54) is 12.1 Å². The van der Waals surface area contributed by atoms with Crippen molar-refractivity contribution in [3.8, 4) is 5.75 Å². The Bertz CT molecular complexity index is 1200. The van der Waals surface area contributed by atoms with Crippen LogP contribution in [0.25, 0.3) is 0 Å². The minimum absolute atomic E-state index is 0.112. The zero-order valence-corrected chi connectivity index (χ0v) is 20.9. The lowest BCUT2D eigenvalue weighted by Gasteiger charge is -2.28. The zero-order chi connectivity index (χ0) is 25.6. The van der Waals surface area contributed by atoms with Crippen LogP contribution in [-0.4, -0.2) is 47.7 Å². The van der Waals surface area contributed by atoms with E-state index < -0.39 is 30.3 Å². The summed E-state index contributed by atoms with van der Waals surface area (Å²) in [6.07, 6.45) is 0.673. The molecule has 188 valence electrons. The van der Waals surface area contributed by atoms with Gasteiger partial charge < -0.3 is 14.8 Å². The Kier molecular flexibility index (Phi) is 6.66. The summed E-state index contributed by atoms with van der Waals surface area (Å²) in [6, 6.07) is 13.0. The van der Waals surface area contributed by atoms with Gasteiger partial charge in [0.2, 0.25) is 11.8 Å². The van der Waals surface area contributed by atoms with E-state index in [1.54, 1.807) is 36.4 Å². The number of halogens is 2. The van der Waals surface area contributed by atoms with Crippen LogP contribution in [0.1, 0.15) is 23.7 Å². The van der Waals surface area contributed by atoms with Gasteiger partial charge in [0.15, 0.2) is 6.61 Å². The molecule has 3 aliphatic rings. The number of rotatable bonds is 7. The number of hydrogen-bond acceptors (Lipinski definition) is 6. The third-order valence-corrected chi connectivity index (χ3v) is 8.44. The molecular formula is C26H24Cl2N2O6. The highest BCUT2D eigenvalue weighted by atomic mass is 35.5. The first-order chi connectivity index (χ1) is 17.3. The van der Waals surface area contributed by atoms with E-state index in [0.29, 0.717) is 24.5 Å². The summed E-state index contributed by atoms with van der Waals surface area (Å²) in [4.78, 5) is 52.5. The summed E-state index contributed by atoms with van der Waals surface area (Å²) in [5.41, 5.74) is 0.855. The Balaban J connectivity index is 1.25. The first kappa shape index (κ1) is 24.6. The largest absolute Gasteiger partial charge is 0.492 e. The highest BCUT2D eigenvalue weighted by Crippen LogP contribution is 2.59. The molecule has 0 radical (unpaired) electrons. The molecule has 2 aliphatic carbocycles. The third-order valence-electron chi connectivity index (χ3n) is 7.12. The number of benzene rings is 2. The summed E-state index contributed by atoms with van der Waals surface area (Å²) in [6.45, 7) is 1.74. The maximum atomic E-state index is 13.2. The molecule has 10 heteroatoms. The summed E-state index contributed by atoms with van der Waals surface area (Å²) in [7, 11) is 0. The van der Waals surface area contributed by atoms with Crippen molar-refractivity contribution in [3.05, 3.63) is 54.1 Å². The number of esters is 1. The average molecular weight is 531 g/mol. The van der Waals surface area contributed by atoms with Gasteiger partial charge in [0, 0.05) is 0 Å². The Morgan fingerprint density at radius 1 is 1.00 bits per heavy atom. The van der Waals surface area contributed by atoms with E-state index in [1.807, 2.05) is 6.92 Å². The lowest BCUT2D eigenvalue weighted by molar-refractivity contribution is -0.123. The minimum Gasteiger partial charge on any atom is -0.492 e. The number of carbonyl (C=O) groups is 4. The van der Waals surface area contributed by atoms with Gasteiger partial charge in [-0.1, -0.05) is 18.2 Å². The van der Waals surface area contributed by atoms with Crippen molar-refractivity contribution in [1.82, 2.24) is 0 Å². The Labute approximate surface area is 217 Å². The molecule has 6 atom stereocenters. The summed E-state index contributed by atoms with van der Waals surface area (Å²) in [5.74, 6) is -2.66. The van der Waals surface area contributed by atoms with Gasteiger partial charge in [0.05, 0.1) is 46.1 Å². The van der Waals surface area contributed by atoms with Crippen LogP contribution in [0.4, 0.5) is 11.4 Å². The van der Waals surface area contributed by atoms with Gasteiger partial charge in [-0.3, -0.25) is 19.3 Å². The van der Waals surface area contributed by atoms with Crippen LogP contribution in [-0.2, 0) is 19.1 Å². The molecule has 3 fully saturated rings. The molecule has 1 saturated heterocycles. The minimum atomic E-state index is -0.758. The van der Waals surface area contributed by atoms with Crippen molar-refractivity contribution in [1.29, 1.82) is 0 Å². The number of anilines is 2. The number of imide groups is 1. The van der Waals surface area contributed by atoms with Crippen LogP contribution in [0.3, 0.4) is 0 Å². The number of carbonyl (C=O) groups excluding carboxylic acids is 4. The molecule has 1 aliphatic heterocycles. The van der Waals surface area contributed by atoms with Crippen molar-refractivity contribution in [3.63, 3.8) is 0 Å². The smallest absolute Gasteiger partial charge is 0.338 e. The van der Waals surface area contributed by atoms with Gasteiger partial charge in [0.1, 0.15) is 5.75 Å². The number of ether oxygens (including phenoxy) is 2. The highest BCUT2D eigenvalue weighted by molar-refractivity contribution is 6.32. The van der Waals surface area contributed by atoms with Gasteiger partial charge in [-0.2, -0.15) is 0 Å². The number of amides is 3. The van der Waals surface area contributed by atoms with Gasteiger partial charge >= 0.3 is 5.97 Å². The molecule has 0 aromatic heterocycles. The molecule has 3 amide bonds. The van der Waals surface area contributed by atoms with Gasteiger partial charge in [-0.25, -0.2) is 4.79 Å². The SMILES string of the molecule is CCOc1ccccc1NC(=O)COC(=O)c1cccc(N2C(=O)[C@@H]3[C@H]4C[C@@H]([C@H](Cl)[C@H]4Cl)[C@@H]3C2=O)c1. The lowest BCUT2D eigenvalue weighted by atomic mass is 9.80. The van der Waals surface area contributed by atoms with Gasteiger partial charge in [0.25, 0.3) is 5.91 Å². The highest BCUT2D eigenvalue weighted by Gasteiger charge is 2.66. The van der Waals surface area contributed by atoms with Crippen molar-refractivity contribution in [2.75, 3.05) is 23.4 Å². The van der Waals surface area contributed by atoms with Crippen molar-refractivity contribution < 1.29 is 28.7 Å². The molecule has 1 heterocycles. The lowest BCUT2D eigenvalue weighted by Crippen LogP contribution is -2.37. The summed E-state index contributed by atoms with van der Waals surface area (Å²) < 4.78 is 10.6. The molecule has 2 saturated carbocycles. The Hall–Kier alpha value is -3.10. The first-order valence-corrected chi connectivity index (χ1v) is 12.6. The number of alkyl halides is 2. The molecule has 36 heavy (non-hydrogen) atoms. The number of hydrogen-bond donors (Lipinski definition) is 1. The van der Waals surface area contributed by atoms with Crippen LogP contribution >= 0.6 is 23.2 Å². The van der Waals surface area contributed by atoms with E-state index in [0.717, 1.165) is 4.90 Å². The number of fused-ring (bicyclic) bond motifs is 5. The van der Waals surface area contributed by atoms with Crippen LogP contribution < -0.4 is 15.0 Å². The van der Waals surface area contributed by atoms with E-state index in [-0.39, 0.29) is 45.7 Å². The molecule has 8 nitrogen and oxygen atoms in total. The van der Waals surface area contributed by atoms with Crippen molar-refractivity contribution in [2.24, 2.45) is 23.7 Å². The Morgan fingerprint density at radius 3 is 2.33 bits per heavy atom. The monoisotopic (exact) mass is 530 g/mol. The fourth-order valence-corrected chi connectivity index (χ4v) is 6.52. The van der Waals surface area contributed by atoms with Crippen molar-refractivity contribution in [2.45, 2.75) is 24.1 Å². The predicted molar refractivity (Wildman–Crippen MR) is 133 cm³/mol. The Morgan fingerprint density at radius 2 is 1.67 bits per heavy atom. The van der Waals surface area contributed by atoms with Crippen LogP contribution in [0, 0.1) is 23.7 Å². The second-order valence-corrected chi connectivity index (χ2v) is 10.1. The topological polar surface area (TPSA) is 102 Å². The van der Waals surface area contributed by atoms with Crippen LogP contribution in [0.2, 0.25) is 0 Å². The number of nitrogens with zero attached hydrogens (tertiary/aromatic N) is 1. The molecule has 0 spiro atoms. The molecule has 2 bridgehead atoms. The number of nitrogens with one attached hydrogen (secondary N) is 1. The maximum Gasteiger partial charge on any atom is 0.338 e. The molecule has 5 rings (SSSR count). The fraction of sp³-hybridized carbons (Fsp3) is 0.385. The van der Waals surface area contributed by atoms with E-state index in [9.17, 15) is 19.2 Å². The van der Waals surface area contributed by atoms with E-state index in [4.69, 9.17) is 32.7 Å². The second kappa shape index (κ2) is 9.75. The van der Waals surface area contributed by atoms with E-state index in [2.05, 4.69) is 5.32 Å². The zero-order valence-electron chi connectivity index (χ0n) is 19.4. The van der Waals surface area contributed by atoms with Crippen molar-refractivity contribution >= 4 is 58.3 Å². The fourth-order valence-electron chi connectivity index (χ4n) is 5.63. The van der Waals surface area contributed by atoms with Gasteiger partial charge in [-0.05, 0) is 55.5 Å². The second-order valence-electron chi connectivity index (χ2n) is 9.12. The van der Waals surface area contributed by atoms with Crippen LogP contribution in [0.5, 0.6) is 5.75 Å². The van der Waals surface area contributed by atoms with Gasteiger partial charge in [-0.15, -0.1) is 23.2 Å². The van der Waals surface area contributed by atoms with Crippen LogP contribution in [0.15, 0.2) is 48.5 Å². The third kappa shape index (κ3) is 4.12. The maximum absolute atomic E-state index is 13.2. The summed E-state index contributed by atoms with van der Waals surface area (Å²) >= 11 is 12.8. The summed E-state index contributed by atoms with van der Waals surface area (Å²) in [5, 5.41) is 1.96. The normalized spacial score (nSPS) is 28.2. The quantitative estimate of drug-likeness (QED) is 0.331. The molecule has 2 aromatic carbocycles. The number of para-hydroxylation sites is 2. The molecule has 0 unspecified atom stereocenters. The van der Waals surface area contributed by atoms with E-state index >= 15 is 0 Å². The first-order valence-electron chi connectivity index (χ1n) is 11.8. The standard InChI is InChI=1S/C26H24Cl2N2O6/c1-2-35-18-9-4-3-8-17(18)29-19(31)12-36-26(34)13-6-5-7-14(10-13)30-24(32)20-15-11-16(21(20)25(30)33)23(28)22(15)27/h3-10,15-16,20-23H,2,11-12H2,1H3,(H,29,31)/t15-,16-,20-,21+,22+,23+/m1/s1. The predicted octanol–water partition coefficient (Wildman–Crippen LogP) is 3.85. The average Bonchev–Trinajstić information content (AvgIpc) is 3.48.